The van der Waals surface area contributed by atoms with Crippen molar-refractivity contribution in [2.24, 2.45) is 0 Å². The summed E-state index contributed by atoms with van der Waals surface area (Å²) >= 11 is 6.29. The molecule has 6 nitrogen and oxygen atoms in total. The van der Waals surface area contributed by atoms with Gasteiger partial charge in [-0.2, -0.15) is 31.4 Å². The van der Waals surface area contributed by atoms with E-state index in [9.17, 15) is 26.3 Å². The lowest BCUT2D eigenvalue weighted by Gasteiger charge is -2.26. The lowest BCUT2D eigenvalue weighted by molar-refractivity contribution is -0.192. The quantitative estimate of drug-likeness (QED) is 0.374. The first kappa shape index (κ1) is 28.3. The summed E-state index contributed by atoms with van der Waals surface area (Å²) in [5.74, 6) is -2.03. The van der Waals surface area contributed by atoms with Crippen molar-refractivity contribution in [3.8, 4) is 22.6 Å². The Balaban J connectivity index is 0.000000479. The largest absolute Gasteiger partial charge is 0.490 e. The van der Waals surface area contributed by atoms with Crippen LogP contribution in [0.1, 0.15) is 24.0 Å². The van der Waals surface area contributed by atoms with Gasteiger partial charge in [-0.1, -0.05) is 17.7 Å². The molecule has 1 aliphatic rings. The molecule has 1 saturated heterocycles. The molecule has 2 heterocycles. The molecule has 0 aliphatic carbocycles. The maximum Gasteiger partial charge on any atom is 0.490 e. The van der Waals surface area contributed by atoms with Crippen LogP contribution in [0.2, 0.25) is 5.02 Å². The maximum atomic E-state index is 13.1. The Hall–Kier alpha value is -3.25. The van der Waals surface area contributed by atoms with E-state index in [0.29, 0.717) is 10.7 Å². The molecule has 13 heteroatoms. The molecule has 0 saturated carbocycles. The first-order valence-electron chi connectivity index (χ1n) is 11.0. The van der Waals surface area contributed by atoms with Gasteiger partial charge in [-0.3, -0.25) is 0 Å². The molecule has 4 rings (SSSR count). The minimum Gasteiger partial charge on any atom is -0.489 e. The number of halogens is 7. The van der Waals surface area contributed by atoms with Gasteiger partial charge in [-0.25, -0.2) is 9.48 Å². The van der Waals surface area contributed by atoms with E-state index in [1.165, 1.54) is 10.7 Å². The molecular weight excluding hydrogens is 528 g/mol. The SMILES string of the molecule is Cc1cc(Cl)cc(-c2cnn(-c3cccc(C(F)(F)F)c3)c2)c1OC1CCNCC1.O=C(O)C(F)(F)F. The Bertz CT molecular complexity index is 1240. The summed E-state index contributed by atoms with van der Waals surface area (Å²) in [5.41, 5.74) is 2.02. The number of aliphatic carboxylic acids is 1. The molecule has 0 unspecified atom stereocenters. The third-order valence-corrected chi connectivity index (χ3v) is 5.60. The number of rotatable bonds is 4. The summed E-state index contributed by atoms with van der Waals surface area (Å²) in [6, 6.07) is 8.72. The molecule has 2 aromatic carbocycles. The van der Waals surface area contributed by atoms with Gasteiger partial charge in [-0.15, -0.1) is 0 Å². The van der Waals surface area contributed by atoms with Crippen molar-refractivity contribution >= 4 is 17.6 Å². The Morgan fingerprint density at radius 1 is 1.14 bits per heavy atom. The Morgan fingerprint density at radius 3 is 2.38 bits per heavy atom. The second-order valence-corrected chi connectivity index (χ2v) is 8.63. The summed E-state index contributed by atoms with van der Waals surface area (Å²) in [6.07, 6.45) is -4.28. The van der Waals surface area contributed by atoms with E-state index in [1.54, 1.807) is 24.5 Å². The second kappa shape index (κ2) is 11.4. The molecule has 1 fully saturated rings. The molecule has 1 aliphatic heterocycles. The third kappa shape index (κ3) is 7.62. The Labute approximate surface area is 212 Å². The highest BCUT2D eigenvalue weighted by Gasteiger charge is 2.38. The minimum absolute atomic E-state index is 0.100. The molecule has 0 atom stereocenters. The zero-order valence-corrected chi connectivity index (χ0v) is 20.1. The van der Waals surface area contributed by atoms with E-state index in [1.807, 2.05) is 13.0 Å². The minimum atomic E-state index is -5.08. The van der Waals surface area contributed by atoms with E-state index in [0.717, 1.165) is 60.5 Å². The number of benzene rings is 2. The standard InChI is InChI=1S/C22H21ClF3N3O.C2HF3O2/c1-14-9-17(23)11-20(21(14)30-19-5-7-27-8-6-19)15-12-28-29(13-15)18-4-2-3-16(10-18)22(24,25)26;3-2(4,5)1(6)7/h2-4,9-13,19,27H,5-8H2,1H3;(H,6,7). The summed E-state index contributed by atoms with van der Waals surface area (Å²) in [5, 5.41) is 15.3. The number of hydrogen-bond acceptors (Lipinski definition) is 4. The van der Waals surface area contributed by atoms with Gasteiger partial charge in [0, 0.05) is 22.3 Å². The molecule has 0 radical (unpaired) electrons. The molecule has 0 spiro atoms. The van der Waals surface area contributed by atoms with Crippen LogP contribution >= 0.6 is 11.6 Å². The van der Waals surface area contributed by atoms with Crippen molar-refractivity contribution in [2.75, 3.05) is 13.1 Å². The van der Waals surface area contributed by atoms with Crippen LogP contribution in [0.25, 0.3) is 16.8 Å². The number of nitrogens with zero attached hydrogens (tertiary/aromatic N) is 2. The van der Waals surface area contributed by atoms with Gasteiger partial charge in [0.2, 0.25) is 0 Å². The number of nitrogens with one attached hydrogen (secondary N) is 1. The molecule has 2 N–H and O–H groups in total. The number of hydrogen-bond donors (Lipinski definition) is 2. The zero-order valence-electron chi connectivity index (χ0n) is 19.3. The van der Waals surface area contributed by atoms with E-state index in [4.69, 9.17) is 26.2 Å². The van der Waals surface area contributed by atoms with Crippen molar-refractivity contribution in [2.45, 2.75) is 38.2 Å². The zero-order chi connectivity index (χ0) is 27.4. The highest BCUT2D eigenvalue weighted by Crippen LogP contribution is 2.37. The van der Waals surface area contributed by atoms with Gasteiger partial charge in [0.25, 0.3) is 0 Å². The normalized spacial score (nSPS) is 14.6. The van der Waals surface area contributed by atoms with Crippen LogP contribution < -0.4 is 10.1 Å². The fraction of sp³-hybridized carbons (Fsp3) is 0.333. The number of aryl methyl sites for hydroxylation is 1. The van der Waals surface area contributed by atoms with E-state index in [2.05, 4.69) is 10.4 Å². The van der Waals surface area contributed by atoms with Crippen LogP contribution in [0.4, 0.5) is 26.3 Å². The topological polar surface area (TPSA) is 76.4 Å². The van der Waals surface area contributed by atoms with Crippen LogP contribution in [-0.4, -0.2) is 46.2 Å². The van der Waals surface area contributed by atoms with Gasteiger partial charge in [0.1, 0.15) is 11.9 Å². The number of carbonyl (C=O) groups is 1. The van der Waals surface area contributed by atoms with Gasteiger partial charge in [0.15, 0.2) is 0 Å². The first-order chi connectivity index (χ1) is 17.3. The van der Waals surface area contributed by atoms with Gasteiger partial charge in [0.05, 0.1) is 17.4 Å². The molecular formula is C24H22ClF6N3O3. The molecule has 0 amide bonds. The number of alkyl halides is 6. The Kier molecular flexibility index (Phi) is 8.75. The second-order valence-electron chi connectivity index (χ2n) is 8.19. The number of piperidine rings is 1. The molecule has 200 valence electrons. The Morgan fingerprint density at radius 2 is 1.78 bits per heavy atom. The summed E-state index contributed by atoms with van der Waals surface area (Å²) in [4.78, 5) is 8.90. The van der Waals surface area contributed by atoms with E-state index in [-0.39, 0.29) is 6.10 Å². The molecule has 0 bridgehead atoms. The summed E-state index contributed by atoms with van der Waals surface area (Å²) in [7, 11) is 0. The fourth-order valence-corrected chi connectivity index (χ4v) is 3.88. The van der Waals surface area contributed by atoms with Crippen LogP contribution in [0.5, 0.6) is 5.75 Å². The van der Waals surface area contributed by atoms with E-state index >= 15 is 0 Å². The smallest absolute Gasteiger partial charge is 0.489 e. The molecule has 3 aromatic rings. The maximum absolute atomic E-state index is 13.1. The first-order valence-corrected chi connectivity index (χ1v) is 11.3. The predicted molar refractivity (Wildman–Crippen MR) is 124 cm³/mol. The summed E-state index contributed by atoms with van der Waals surface area (Å²) in [6.45, 7) is 3.74. The lowest BCUT2D eigenvalue weighted by Crippen LogP contribution is -2.34. The van der Waals surface area contributed by atoms with Crippen LogP contribution in [0.3, 0.4) is 0 Å². The van der Waals surface area contributed by atoms with Gasteiger partial charge in [-0.05, 0) is 68.8 Å². The lowest BCUT2D eigenvalue weighted by atomic mass is 10.0. The van der Waals surface area contributed by atoms with Crippen molar-refractivity contribution in [1.82, 2.24) is 15.1 Å². The molecule has 1 aromatic heterocycles. The van der Waals surface area contributed by atoms with Crippen molar-refractivity contribution in [3.05, 3.63) is 64.9 Å². The van der Waals surface area contributed by atoms with Crippen LogP contribution in [0, 0.1) is 6.92 Å². The number of ether oxygens (including phenoxy) is 1. The predicted octanol–water partition coefficient (Wildman–Crippen LogP) is 6.28. The highest BCUT2D eigenvalue weighted by molar-refractivity contribution is 6.31. The van der Waals surface area contributed by atoms with Gasteiger partial charge >= 0.3 is 18.3 Å². The molecule has 37 heavy (non-hydrogen) atoms. The average Bonchev–Trinajstić information content (AvgIpc) is 3.31. The van der Waals surface area contributed by atoms with Gasteiger partial charge < -0.3 is 15.2 Å². The van der Waals surface area contributed by atoms with Crippen molar-refractivity contribution in [3.63, 3.8) is 0 Å². The van der Waals surface area contributed by atoms with Crippen molar-refractivity contribution in [1.29, 1.82) is 0 Å². The van der Waals surface area contributed by atoms with E-state index < -0.39 is 23.9 Å². The number of carboxylic acids is 1. The number of aromatic nitrogens is 2. The third-order valence-electron chi connectivity index (χ3n) is 5.38. The highest BCUT2D eigenvalue weighted by atomic mass is 35.5. The summed E-state index contributed by atoms with van der Waals surface area (Å²) < 4.78 is 78.6. The number of carboxylic acid groups (broad SMARTS) is 1. The monoisotopic (exact) mass is 549 g/mol. The average molecular weight is 550 g/mol. The van der Waals surface area contributed by atoms with Crippen molar-refractivity contribution < 1.29 is 41.0 Å². The van der Waals surface area contributed by atoms with Crippen LogP contribution in [-0.2, 0) is 11.0 Å². The van der Waals surface area contributed by atoms with Crippen LogP contribution in [0.15, 0.2) is 48.8 Å². The fourth-order valence-electron chi connectivity index (χ4n) is 3.61.